The molecule has 1 heterocycles. The molecule has 0 spiro atoms. The Labute approximate surface area is 148 Å². The van der Waals surface area contributed by atoms with Crippen LogP contribution in [0.3, 0.4) is 0 Å². The fourth-order valence-corrected chi connectivity index (χ4v) is 2.13. The van der Waals surface area contributed by atoms with E-state index in [9.17, 15) is 22.8 Å². The largest absolute Gasteiger partial charge is 0.418 e. The Balaban J connectivity index is 2.24. The van der Waals surface area contributed by atoms with Gasteiger partial charge in [0.05, 0.1) is 11.3 Å². The lowest BCUT2D eigenvalue weighted by molar-refractivity contribution is -0.136. The third-order valence-electron chi connectivity index (χ3n) is 3.22. The Kier molecular flexibility index (Phi) is 5.34. The van der Waals surface area contributed by atoms with Crippen LogP contribution in [0.4, 0.5) is 18.9 Å². The van der Waals surface area contributed by atoms with Crippen LogP contribution in [-0.4, -0.2) is 22.3 Å². The molecular formula is C18H18F3N3O2. The van der Waals surface area contributed by atoms with E-state index < -0.39 is 29.1 Å². The number of hydrogen-bond acceptors (Lipinski definition) is 3. The highest BCUT2D eigenvalue weighted by molar-refractivity contribution is 6.06. The molecule has 0 fully saturated rings. The Hall–Kier alpha value is -2.90. The number of nitrogens with zero attached hydrogens (tertiary/aromatic N) is 1. The number of nitrogens with one attached hydrogen (secondary N) is 2. The highest BCUT2D eigenvalue weighted by Crippen LogP contribution is 2.34. The van der Waals surface area contributed by atoms with Crippen molar-refractivity contribution in [3.8, 4) is 0 Å². The number of alkyl halides is 3. The monoisotopic (exact) mass is 365 g/mol. The summed E-state index contributed by atoms with van der Waals surface area (Å²) >= 11 is 0. The molecule has 2 amide bonds. The standard InChI is InChI=1S/C18H18F3N3O2/c1-17(2,3)24-16(26)14-10-11(8-9-22-14)15(25)23-13-7-5-4-6-12(13)18(19,20)21/h4-10H,1-3H3,(H,23,25)(H,24,26). The van der Waals surface area contributed by atoms with Crippen molar-refractivity contribution in [3.63, 3.8) is 0 Å². The number of aromatic nitrogens is 1. The van der Waals surface area contributed by atoms with Gasteiger partial charge in [-0.3, -0.25) is 14.6 Å². The summed E-state index contributed by atoms with van der Waals surface area (Å²) in [4.78, 5) is 28.3. The number of pyridine rings is 1. The SMILES string of the molecule is CC(C)(C)NC(=O)c1cc(C(=O)Nc2ccccc2C(F)(F)F)ccn1. The van der Waals surface area contributed by atoms with Crippen molar-refractivity contribution in [2.45, 2.75) is 32.5 Å². The summed E-state index contributed by atoms with van der Waals surface area (Å²) in [5.74, 6) is -1.25. The molecule has 2 rings (SSSR count). The number of rotatable bonds is 3. The first-order valence-corrected chi connectivity index (χ1v) is 7.73. The van der Waals surface area contributed by atoms with E-state index in [-0.39, 0.29) is 16.9 Å². The summed E-state index contributed by atoms with van der Waals surface area (Å²) < 4.78 is 39.0. The molecule has 0 saturated carbocycles. The van der Waals surface area contributed by atoms with E-state index in [4.69, 9.17) is 0 Å². The molecule has 0 aliphatic carbocycles. The molecule has 2 N–H and O–H groups in total. The van der Waals surface area contributed by atoms with Gasteiger partial charge in [0.15, 0.2) is 0 Å². The van der Waals surface area contributed by atoms with Gasteiger partial charge in [-0.25, -0.2) is 0 Å². The van der Waals surface area contributed by atoms with Gasteiger partial charge in [0.1, 0.15) is 5.69 Å². The first kappa shape index (κ1) is 19.4. The number of para-hydroxylation sites is 1. The molecule has 8 heteroatoms. The van der Waals surface area contributed by atoms with Crippen molar-refractivity contribution < 1.29 is 22.8 Å². The minimum absolute atomic E-state index is 0.00307. The van der Waals surface area contributed by atoms with E-state index in [1.165, 1.54) is 30.5 Å². The summed E-state index contributed by atoms with van der Waals surface area (Å²) in [7, 11) is 0. The van der Waals surface area contributed by atoms with Crippen molar-refractivity contribution in [1.29, 1.82) is 0 Å². The Morgan fingerprint density at radius 1 is 1.00 bits per heavy atom. The smallest absolute Gasteiger partial charge is 0.346 e. The maximum absolute atomic E-state index is 13.0. The number of amides is 2. The lowest BCUT2D eigenvalue weighted by Crippen LogP contribution is -2.41. The molecule has 1 aromatic carbocycles. The van der Waals surface area contributed by atoms with E-state index in [2.05, 4.69) is 15.6 Å². The van der Waals surface area contributed by atoms with Crippen molar-refractivity contribution in [2.24, 2.45) is 0 Å². The quantitative estimate of drug-likeness (QED) is 0.867. The zero-order chi connectivity index (χ0) is 19.5. The number of hydrogen-bond donors (Lipinski definition) is 2. The Bertz CT molecular complexity index is 827. The lowest BCUT2D eigenvalue weighted by atomic mass is 10.1. The van der Waals surface area contributed by atoms with Gasteiger partial charge in [0, 0.05) is 17.3 Å². The van der Waals surface area contributed by atoms with Crippen LogP contribution in [-0.2, 0) is 6.18 Å². The van der Waals surface area contributed by atoms with Crippen LogP contribution in [0.15, 0.2) is 42.6 Å². The molecule has 0 aliphatic rings. The molecule has 0 aliphatic heterocycles. The van der Waals surface area contributed by atoms with Crippen molar-refractivity contribution in [2.75, 3.05) is 5.32 Å². The third-order valence-corrected chi connectivity index (χ3v) is 3.22. The number of carbonyl (C=O) groups is 2. The van der Waals surface area contributed by atoms with Crippen LogP contribution in [0.5, 0.6) is 0 Å². The normalized spacial score (nSPS) is 11.8. The maximum Gasteiger partial charge on any atom is 0.418 e. The first-order valence-electron chi connectivity index (χ1n) is 7.73. The number of benzene rings is 1. The zero-order valence-electron chi connectivity index (χ0n) is 14.4. The molecule has 26 heavy (non-hydrogen) atoms. The van der Waals surface area contributed by atoms with Crippen LogP contribution in [0.2, 0.25) is 0 Å². The van der Waals surface area contributed by atoms with Crippen LogP contribution in [0.1, 0.15) is 47.2 Å². The average molecular weight is 365 g/mol. The van der Waals surface area contributed by atoms with E-state index in [0.717, 1.165) is 12.1 Å². The summed E-state index contributed by atoms with van der Waals surface area (Å²) in [5, 5.41) is 4.93. The van der Waals surface area contributed by atoms with Crippen LogP contribution in [0.25, 0.3) is 0 Å². The summed E-state index contributed by atoms with van der Waals surface area (Å²) in [5.41, 5.74) is -1.79. The highest BCUT2D eigenvalue weighted by Gasteiger charge is 2.33. The minimum Gasteiger partial charge on any atom is -0.346 e. The van der Waals surface area contributed by atoms with Gasteiger partial charge in [-0.05, 0) is 45.0 Å². The van der Waals surface area contributed by atoms with Crippen LogP contribution in [0, 0.1) is 0 Å². The summed E-state index contributed by atoms with van der Waals surface area (Å²) in [6.45, 7) is 5.36. The van der Waals surface area contributed by atoms with Crippen molar-refractivity contribution in [3.05, 3.63) is 59.4 Å². The summed E-state index contributed by atoms with van der Waals surface area (Å²) in [6.07, 6.45) is -3.35. The predicted molar refractivity (Wildman–Crippen MR) is 90.9 cm³/mol. The van der Waals surface area contributed by atoms with Gasteiger partial charge in [-0.1, -0.05) is 12.1 Å². The molecule has 1 aromatic heterocycles. The lowest BCUT2D eigenvalue weighted by Gasteiger charge is -2.20. The van der Waals surface area contributed by atoms with Gasteiger partial charge >= 0.3 is 6.18 Å². The molecule has 0 unspecified atom stereocenters. The Morgan fingerprint density at radius 2 is 1.65 bits per heavy atom. The summed E-state index contributed by atoms with van der Waals surface area (Å²) in [6, 6.07) is 7.21. The third kappa shape index (κ3) is 5.05. The fraction of sp³-hybridized carbons (Fsp3) is 0.278. The van der Waals surface area contributed by atoms with Crippen molar-refractivity contribution >= 4 is 17.5 Å². The molecule has 0 saturated heterocycles. The van der Waals surface area contributed by atoms with Gasteiger partial charge in [0.25, 0.3) is 11.8 Å². The molecule has 5 nitrogen and oxygen atoms in total. The zero-order valence-corrected chi connectivity index (χ0v) is 14.4. The van der Waals surface area contributed by atoms with E-state index >= 15 is 0 Å². The van der Waals surface area contributed by atoms with Gasteiger partial charge in [-0.15, -0.1) is 0 Å². The molecule has 0 bridgehead atoms. The fourth-order valence-electron chi connectivity index (χ4n) is 2.13. The highest BCUT2D eigenvalue weighted by atomic mass is 19.4. The predicted octanol–water partition coefficient (Wildman–Crippen LogP) is 3.88. The second-order valence-corrected chi connectivity index (χ2v) is 6.63. The molecule has 138 valence electrons. The van der Waals surface area contributed by atoms with E-state index in [1.54, 1.807) is 20.8 Å². The molecule has 0 radical (unpaired) electrons. The number of carbonyl (C=O) groups excluding carboxylic acids is 2. The number of halogens is 3. The molecular weight excluding hydrogens is 347 g/mol. The van der Waals surface area contributed by atoms with Gasteiger partial charge in [-0.2, -0.15) is 13.2 Å². The van der Waals surface area contributed by atoms with Gasteiger partial charge in [0.2, 0.25) is 0 Å². The minimum atomic E-state index is -4.60. The Morgan fingerprint density at radius 3 is 2.27 bits per heavy atom. The second kappa shape index (κ2) is 7.15. The average Bonchev–Trinajstić information content (AvgIpc) is 2.53. The molecule has 0 atom stereocenters. The topological polar surface area (TPSA) is 71.1 Å². The van der Waals surface area contributed by atoms with Crippen LogP contribution >= 0.6 is 0 Å². The van der Waals surface area contributed by atoms with Crippen molar-refractivity contribution in [1.82, 2.24) is 10.3 Å². The maximum atomic E-state index is 13.0. The molecule has 2 aromatic rings. The van der Waals surface area contributed by atoms with Crippen LogP contribution < -0.4 is 10.6 Å². The van der Waals surface area contributed by atoms with E-state index in [1.807, 2.05) is 0 Å². The van der Waals surface area contributed by atoms with E-state index in [0.29, 0.717) is 0 Å². The first-order chi connectivity index (χ1) is 12.0. The second-order valence-electron chi connectivity index (χ2n) is 6.63. The number of anilines is 1. The van der Waals surface area contributed by atoms with Gasteiger partial charge < -0.3 is 10.6 Å².